The number of methoxy groups -OCH3 is 2. The third-order valence-corrected chi connectivity index (χ3v) is 5.60. The van der Waals surface area contributed by atoms with E-state index in [2.05, 4.69) is 36.3 Å². The zero-order valence-corrected chi connectivity index (χ0v) is 18.3. The first-order chi connectivity index (χ1) is 14.4. The van der Waals surface area contributed by atoms with Crippen molar-refractivity contribution in [1.29, 1.82) is 0 Å². The van der Waals surface area contributed by atoms with E-state index in [0.29, 0.717) is 22.2 Å². The van der Waals surface area contributed by atoms with Crippen LogP contribution in [0.25, 0.3) is 11.3 Å². The molecule has 0 bridgehead atoms. The summed E-state index contributed by atoms with van der Waals surface area (Å²) in [7, 11) is 3.05. The minimum atomic E-state index is -0.246. The molecular weight excluding hydrogens is 400 g/mol. The molecule has 1 heterocycles. The van der Waals surface area contributed by atoms with Crippen LogP contribution in [0.5, 0.6) is 11.5 Å². The summed E-state index contributed by atoms with van der Waals surface area (Å²) in [6.45, 7) is 4.12. The number of aromatic nitrogens is 1. The van der Waals surface area contributed by atoms with Crippen LogP contribution < -0.4 is 14.8 Å². The number of carbonyl (C=O) groups is 2. The molecule has 0 atom stereocenters. The zero-order chi connectivity index (χ0) is 21.7. The number of hydrogen-bond acceptors (Lipinski definition) is 6. The van der Waals surface area contributed by atoms with Crippen molar-refractivity contribution >= 4 is 28.2 Å². The second-order valence-corrected chi connectivity index (χ2v) is 7.74. The van der Waals surface area contributed by atoms with Gasteiger partial charge >= 0.3 is 0 Å². The molecule has 3 rings (SSSR count). The Bertz CT molecular complexity index is 1070. The van der Waals surface area contributed by atoms with Crippen molar-refractivity contribution in [1.82, 2.24) is 4.98 Å². The van der Waals surface area contributed by atoms with E-state index in [4.69, 9.17) is 9.47 Å². The Hall–Kier alpha value is -3.19. The molecule has 30 heavy (non-hydrogen) atoms. The van der Waals surface area contributed by atoms with Gasteiger partial charge in [-0.15, -0.1) is 11.3 Å². The molecule has 1 amide bonds. The fraction of sp³-hybridized carbons (Fsp3) is 0.261. The Balaban J connectivity index is 1.58. The number of carbonyl (C=O) groups excluding carboxylic acids is 2. The minimum Gasteiger partial charge on any atom is -0.493 e. The van der Waals surface area contributed by atoms with E-state index in [-0.39, 0.29) is 24.5 Å². The molecule has 2 aromatic carbocycles. The van der Waals surface area contributed by atoms with E-state index < -0.39 is 0 Å². The van der Waals surface area contributed by atoms with Gasteiger partial charge < -0.3 is 14.8 Å². The highest BCUT2D eigenvalue weighted by atomic mass is 32.1. The summed E-state index contributed by atoms with van der Waals surface area (Å²) in [5, 5.41) is 5.21. The second-order valence-electron chi connectivity index (χ2n) is 6.88. The Morgan fingerprint density at radius 2 is 1.73 bits per heavy atom. The van der Waals surface area contributed by atoms with E-state index in [1.54, 1.807) is 18.2 Å². The number of anilines is 1. The second kappa shape index (κ2) is 9.54. The van der Waals surface area contributed by atoms with Crippen LogP contribution in [0, 0.1) is 13.8 Å². The van der Waals surface area contributed by atoms with Crippen molar-refractivity contribution in [3.05, 3.63) is 58.5 Å². The van der Waals surface area contributed by atoms with Crippen LogP contribution in [0.1, 0.15) is 34.3 Å². The highest BCUT2D eigenvalue weighted by Crippen LogP contribution is 2.29. The predicted octanol–water partition coefficient (Wildman–Crippen LogP) is 5.05. The first-order valence-corrected chi connectivity index (χ1v) is 10.4. The van der Waals surface area contributed by atoms with E-state index >= 15 is 0 Å². The number of Topliss-reactive ketones (excluding diaryl/α,β-unsaturated/α-hetero) is 1. The van der Waals surface area contributed by atoms with Crippen molar-refractivity contribution < 1.29 is 19.1 Å². The molecule has 1 N–H and O–H groups in total. The number of nitrogens with zero attached hydrogens (tertiary/aromatic N) is 1. The van der Waals surface area contributed by atoms with Crippen LogP contribution in [0.2, 0.25) is 0 Å². The Labute approximate surface area is 179 Å². The quantitative estimate of drug-likeness (QED) is 0.512. The van der Waals surface area contributed by atoms with Gasteiger partial charge in [-0.1, -0.05) is 12.1 Å². The summed E-state index contributed by atoms with van der Waals surface area (Å²) in [5.74, 6) is 0.649. The molecule has 1 aromatic heterocycles. The van der Waals surface area contributed by atoms with Crippen LogP contribution in [0.3, 0.4) is 0 Å². The van der Waals surface area contributed by atoms with Gasteiger partial charge in [-0.05, 0) is 49.2 Å². The first kappa shape index (κ1) is 21.5. The molecule has 0 saturated carbocycles. The third-order valence-electron chi connectivity index (χ3n) is 4.84. The summed E-state index contributed by atoms with van der Waals surface area (Å²) in [4.78, 5) is 29.2. The Morgan fingerprint density at radius 1 is 0.967 bits per heavy atom. The minimum absolute atomic E-state index is 0.0751. The summed E-state index contributed by atoms with van der Waals surface area (Å²) in [5.41, 5.74) is 4.73. The van der Waals surface area contributed by atoms with Crippen molar-refractivity contribution in [3.63, 3.8) is 0 Å². The van der Waals surface area contributed by atoms with Crippen LogP contribution in [0.4, 0.5) is 5.13 Å². The SMILES string of the molecule is COc1ccc(C(=O)CCC(=O)Nc2nc(-c3ccc(C)c(C)c3)cs2)cc1OC. The van der Waals surface area contributed by atoms with Gasteiger partial charge in [0.2, 0.25) is 5.91 Å². The number of ketones is 1. The number of ether oxygens (including phenoxy) is 2. The molecule has 0 unspecified atom stereocenters. The maximum atomic E-state index is 12.4. The van der Waals surface area contributed by atoms with Crippen molar-refractivity contribution in [2.24, 2.45) is 0 Å². The summed E-state index contributed by atoms with van der Waals surface area (Å²) in [6.07, 6.45) is 0.169. The molecule has 3 aromatic rings. The van der Waals surface area contributed by atoms with Crippen molar-refractivity contribution in [2.75, 3.05) is 19.5 Å². The van der Waals surface area contributed by atoms with Crippen LogP contribution in [0.15, 0.2) is 41.8 Å². The van der Waals surface area contributed by atoms with E-state index in [1.807, 2.05) is 11.4 Å². The number of hydrogen-bond donors (Lipinski definition) is 1. The molecule has 0 fully saturated rings. The lowest BCUT2D eigenvalue weighted by molar-refractivity contribution is -0.116. The smallest absolute Gasteiger partial charge is 0.226 e. The number of aryl methyl sites for hydroxylation is 2. The van der Waals surface area contributed by atoms with Crippen molar-refractivity contribution in [3.8, 4) is 22.8 Å². The standard InChI is InChI=1S/C23H24N2O4S/c1-14-5-6-16(11-15(14)2)18-13-30-23(24-18)25-22(27)10-8-19(26)17-7-9-20(28-3)21(12-17)29-4/h5-7,9,11-13H,8,10H2,1-4H3,(H,24,25,27). The molecule has 7 heteroatoms. The molecular formula is C23H24N2O4S. The van der Waals surface area contributed by atoms with Crippen LogP contribution >= 0.6 is 11.3 Å². The van der Waals surface area contributed by atoms with Gasteiger partial charge in [0.15, 0.2) is 22.4 Å². The highest BCUT2D eigenvalue weighted by molar-refractivity contribution is 7.14. The third kappa shape index (κ3) is 5.04. The summed E-state index contributed by atoms with van der Waals surface area (Å²) >= 11 is 1.36. The Morgan fingerprint density at radius 3 is 2.43 bits per heavy atom. The zero-order valence-electron chi connectivity index (χ0n) is 17.4. The number of amides is 1. The lowest BCUT2D eigenvalue weighted by Crippen LogP contribution is -2.13. The predicted molar refractivity (Wildman–Crippen MR) is 119 cm³/mol. The van der Waals surface area contributed by atoms with Gasteiger partial charge in [-0.25, -0.2) is 4.98 Å². The van der Waals surface area contributed by atoms with Gasteiger partial charge in [-0.2, -0.15) is 0 Å². The molecule has 156 valence electrons. The molecule has 0 aliphatic rings. The molecule has 0 spiro atoms. The molecule has 0 saturated heterocycles. The molecule has 0 radical (unpaired) electrons. The fourth-order valence-electron chi connectivity index (χ4n) is 2.93. The van der Waals surface area contributed by atoms with E-state index in [1.165, 1.54) is 36.7 Å². The van der Waals surface area contributed by atoms with E-state index in [0.717, 1.165) is 11.3 Å². The molecule has 6 nitrogen and oxygen atoms in total. The average Bonchev–Trinajstić information content (AvgIpc) is 3.21. The number of nitrogens with one attached hydrogen (secondary N) is 1. The maximum Gasteiger partial charge on any atom is 0.226 e. The largest absolute Gasteiger partial charge is 0.493 e. The topological polar surface area (TPSA) is 77.5 Å². The Kier molecular flexibility index (Phi) is 6.84. The van der Waals surface area contributed by atoms with Gasteiger partial charge in [0.25, 0.3) is 0 Å². The van der Waals surface area contributed by atoms with Gasteiger partial charge in [0, 0.05) is 29.3 Å². The normalized spacial score (nSPS) is 10.5. The maximum absolute atomic E-state index is 12.4. The van der Waals surface area contributed by atoms with E-state index in [9.17, 15) is 9.59 Å². The lowest BCUT2D eigenvalue weighted by Gasteiger charge is -2.09. The van der Waals surface area contributed by atoms with Gasteiger partial charge in [-0.3, -0.25) is 9.59 Å². The van der Waals surface area contributed by atoms with Crippen LogP contribution in [-0.4, -0.2) is 30.9 Å². The first-order valence-electron chi connectivity index (χ1n) is 9.49. The number of rotatable bonds is 8. The van der Waals surface area contributed by atoms with Gasteiger partial charge in [0.05, 0.1) is 19.9 Å². The highest BCUT2D eigenvalue weighted by Gasteiger charge is 2.14. The lowest BCUT2D eigenvalue weighted by atomic mass is 10.1. The summed E-state index contributed by atoms with van der Waals surface area (Å²) < 4.78 is 10.4. The van der Waals surface area contributed by atoms with Crippen molar-refractivity contribution in [2.45, 2.75) is 26.7 Å². The van der Waals surface area contributed by atoms with Gasteiger partial charge in [0.1, 0.15) is 0 Å². The fourth-order valence-corrected chi connectivity index (χ4v) is 3.66. The average molecular weight is 425 g/mol. The molecule has 0 aliphatic heterocycles. The van der Waals surface area contributed by atoms with Crippen LogP contribution in [-0.2, 0) is 4.79 Å². The monoisotopic (exact) mass is 424 g/mol. The summed E-state index contributed by atoms with van der Waals surface area (Å²) in [6, 6.07) is 11.1. The molecule has 0 aliphatic carbocycles. The number of thiazole rings is 1. The number of benzene rings is 2.